The van der Waals surface area contributed by atoms with Gasteiger partial charge in [-0.25, -0.2) is 12.8 Å². The Morgan fingerprint density at radius 3 is 2.14 bits per heavy atom. The number of anilines is 1. The van der Waals surface area contributed by atoms with Gasteiger partial charge in [-0.3, -0.25) is 9.59 Å². The third-order valence-corrected chi connectivity index (χ3v) is 7.35. The molecule has 0 bridgehead atoms. The number of alkyl halides is 3. The molecule has 0 saturated carbocycles. The number of piperidine rings is 1. The van der Waals surface area contributed by atoms with Gasteiger partial charge in [-0.15, -0.1) is 0 Å². The number of carbonyl (C=O) groups is 2. The van der Waals surface area contributed by atoms with Crippen LogP contribution in [0, 0.1) is 11.7 Å². The molecule has 1 aliphatic heterocycles. The Kier molecular flexibility index (Phi) is 8.51. The lowest BCUT2D eigenvalue weighted by Crippen LogP contribution is -2.54. The van der Waals surface area contributed by atoms with Crippen LogP contribution in [-0.4, -0.2) is 56.6 Å². The largest absolute Gasteiger partial charge is 0.416 e. The van der Waals surface area contributed by atoms with E-state index in [2.05, 4.69) is 10.6 Å². The summed E-state index contributed by atoms with van der Waals surface area (Å²) in [5.41, 5.74) is -1.20. The lowest BCUT2D eigenvalue weighted by molar-refractivity contribution is -0.138. The number of sulfone groups is 1. The Labute approximate surface area is 213 Å². The fourth-order valence-corrected chi connectivity index (χ4v) is 4.71. The summed E-state index contributed by atoms with van der Waals surface area (Å²) >= 11 is 0. The van der Waals surface area contributed by atoms with Crippen LogP contribution in [0.25, 0.3) is 0 Å². The molecule has 1 aliphatic rings. The minimum absolute atomic E-state index is 0.0272. The Morgan fingerprint density at radius 1 is 1.03 bits per heavy atom. The van der Waals surface area contributed by atoms with Crippen molar-refractivity contribution in [2.24, 2.45) is 5.92 Å². The zero-order valence-electron chi connectivity index (χ0n) is 20.6. The van der Waals surface area contributed by atoms with E-state index in [1.54, 1.807) is 30.9 Å². The van der Waals surface area contributed by atoms with Crippen LogP contribution in [0.3, 0.4) is 0 Å². The molecule has 2 N–H and O–H groups in total. The van der Waals surface area contributed by atoms with E-state index in [9.17, 15) is 35.6 Å². The smallest absolute Gasteiger partial charge is 0.382 e. The second kappa shape index (κ2) is 11.1. The Balaban J connectivity index is 1.62. The normalized spacial score (nSPS) is 15.9. The Morgan fingerprint density at radius 2 is 1.62 bits per heavy atom. The lowest BCUT2D eigenvalue weighted by atomic mass is 9.98. The van der Waals surface area contributed by atoms with Gasteiger partial charge in [0.2, 0.25) is 5.91 Å². The van der Waals surface area contributed by atoms with Gasteiger partial charge in [-0.1, -0.05) is 13.8 Å². The van der Waals surface area contributed by atoms with E-state index in [4.69, 9.17) is 0 Å². The standard InChI is InChI=1S/C25H29F4N3O4S/c1-15(2)22(31-23(33)20-14-16(25(27,28)29)4-9-21(20)26)24(34)32-12-10-18(11-13-32)30-17-5-7-19(8-6-17)37(3,35)36/h4-9,14-15,18,22,30H,10-13H2,1-3H3,(H,31,33)/t22-/m1/s1. The summed E-state index contributed by atoms with van der Waals surface area (Å²) < 4.78 is 76.4. The Hall–Kier alpha value is -3.15. The van der Waals surface area contributed by atoms with Crippen molar-refractivity contribution in [1.29, 1.82) is 0 Å². The van der Waals surface area contributed by atoms with Crippen molar-refractivity contribution in [1.82, 2.24) is 10.2 Å². The lowest BCUT2D eigenvalue weighted by Gasteiger charge is -2.36. The van der Waals surface area contributed by atoms with Crippen LogP contribution in [0.1, 0.15) is 42.6 Å². The highest BCUT2D eigenvalue weighted by molar-refractivity contribution is 7.90. The molecule has 12 heteroatoms. The number of benzene rings is 2. The van der Waals surface area contributed by atoms with Gasteiger partial charge >= 0.3 is 6.18 Å². The molecule has 202 valence electrons. The van der Waals surface area contributed by atoms with Gasteiger partial charge in [0.15, 0.2) is 9.84 Å². The fraction of sp³-hybridized carbons (Fsp3) is 0.440. The first-order chi connectivity index (χ1) is 17.2. The molecule has 37 heavy (non-hydrogen) atoms. The summed E-state index contributed by atoms with van der Waals surface area (Å²) in [4.78, 5) is 27.6. The zero-order valence-corrected chi connectivity index (χ0v) is 21.4. The molecular weight excluding hydrogens is 514 g/mol. The van der Waals surface area contributed by atoms with Gasteiger partial charge < -0.3 is 15.5 Å². The van der Waals surface area contributed by atoms with Crippen LogP contribution in [0.4, 0.5) is 23.2 Å². The summed E-state index contributed by atoms with van der Waals surface area (Å²) in [5.74, 6) is -3.00. The Bertz CT molecular complexity index is 1240. The van der Waals surface area contributed by atoms with Gasteiger partial charge in [0.25, 0.3) is 5.91 Å². The second-order valence-corrected chi connectivity index (χ2v) is 11.4. The molecule has 0 unspecified atom stereocenters. The monoisotopic (exact) mass is 543 g/mol. The average molecular weight is 544 g/mol. The molecule has 0 aromatic heterocycles. The maximum absolute atomic E-state index is 14.2. The first-order valence-corrected chi connectivity index (χ1v) is 13.6. The zero-order chi connectivity index (χ0) is 27.5. The van der Waals surface area contributed by atoms with Crippen molar-refractivity contribution in [3.8, 4) is 0 Å². The fourth-order valence-electron chi connectivity index (χ4n) is 4.08. The summed E-state index contributed by atoms with van der Waals surface area (Å²) in [6, 6.07) is 6.92. The number of halogens is 4. The molecule has 0 aliphatic carbocycles. The van der Waals surface area contributed by atoms with E-state index in [0.717, 1.165) is 11.9 Å². The molecule has 1 fully saturated rings. The number of hydrogen-bond donors (Lipinski definition) is 2. The van der Waals surface area contributed by atoms with E-state index in [-0.39, 0.29) is 10.9 Å². The molecule has 0 radical (unpaired) electrons. The van der Waals surface area contributed by atoms with Crippen molar-refractivity contribution in [2.45, 2.75) is 49.8 Å². The molecule has 2 aromatic rings. The van der Waals surface area contributed by atoms with Crippen molar-refractivity contribution in [3.05, 3.63) is 59.4 Å². The molecule has 1 heterocycles. The van der Waals surface area contributed by atoms with Crippen LogP contribution in [0.2, 0.25) is 0 Å². The van der Waals surface area contributed by atoms with E-state index >= 15 is 0 Å². The third kappa shape index (κ3) is 7.21. The summed E-state index contributed by atoms with van der Waals surface area (Å²) in [7, 11) is -3.30. The van der Waals surface area contributed by atoms with E-state index in [1.807, 2.05) is 0 Å². The molecule has 1 atom stereocenters. The number of hydrogen-bond acceptors (Lipinski definition) is 5. The molecule has 7 nitrogen and oxygen atoms in total. The number of amides is 2. The van der Waals surface area contributed by atoms with Crippen LogP contribution >= 0.6 is 0 Å². The first kappa shape index (κ1) is 28.4. The topological polar surface area (TPSA) is 95.6 Å². The van der Waals surface area contributed by atoms with Crippen LogP contribution in [0.15, 0.2) is 47.4 Å². The SMILES string of the molecule is CC(C)[C@@H](NC(=O)c1cc(C(F)(F)F)ccc1F)C(=O)N1CCC(Nc2ccc(S(C)(=O)=O)cc2)CC1. The first-order valence-electron chi connectivity index (χ1n) is 11.7. The third-order valence-electron chi connectivity index (χ3n) is 6.22. The number of likely N-dealkylation sites (tertiary alicyclic amines) is 1. The summed E-state index contributed by atoms with van der Waals surface area (Å²) in [6.07, 6.45) is -2.45. The van der Waals surface area contributed by atoms with Crippen LogP contribution in [0.5, 0.6) is 0 Å². The average Bonchev–Trinajstić information content (AvgIpc) is 2.81. The van der Waals surface area contributed by atoms with Crippen LogP contribution < -0.4 is 10.6 Å². The molecule has 3 rings (SSSR count). The van der Waals surface area contributed by atoms with Crippen molar-refractivity contribution < 1.29 is 35.6 Å². The van der Waals surface area contributed by atoms with Gasteiger partial charge in [0, 0.05) is 31.1 Å². The predicted octanol–water partition coefficient (Wildman–Crippen LogP) is 4.11. The highest BCUT2D eigenvalue weighted by atomic mass is 32.2. The highest BCUT2D eigenvalue weighted by Crippen LogP contribution is 2.30. The quantitative estimate of drug-likeness (QED) is 0.513. The number of carbonyl (C=O) groups excluding carboxylic acids is 2. The van der Waals surface area contributed by atoms with Gasteiger partial charge in [-0.05, 0) is 61.2 Å². The highest BCUT2D eigenvalue weighted by Gasteiger charge is 2.34. The molecular formula is C25H29F4N3O4S. The van der Waals surface area contributed by atoms with Gasteiger partial charge in [-0.2, -0.15) is 13.2 Å². The van der Waals surface area contributed by atoms with Crippen molar-refractivity contribution >= 4 is 27.3 Å². The summed E-state index contributed by atoms with van der Waals surface area (Å²) in [6.45, 7) is 4.10. The minimum atomic E-state index is -4.75. The maximum atomic E-state index is 14.2. The van der Waals surface area contributed by atoms with Gasteiger partial charge in [0.1, 0.15) is 11.9 Å². The van der Waals surface area contributed by atoms with Crippen molar-refractivity contribution in [3.63, 3.8) is 0 Å². The van der Waals surface area contributed by atoms with Crippen LogP contribution in [-0.2, 0) is 20.8 Å². The summed E-state index contributed by atoms with van der Waals surface area (Å²) in [5, 5.41) is 5.73. The van der Waals surface area contributed by atoms with E-state index in [1.165, 1.54) is 12.1 Å². The second-order valence-electron chi connectivity index (χ2n) is 9.43. The molecule has 2 amide bonds. The van der Waals surface area contributed by atoms with Crippen molar-refractivity contribution in [2.75, 3.05) is 24.7 Å². The number of rotatable bonds is 7. The van der Waals surface area contributed by atoms with Gasteiger partial charge in [0.05, 0.1) is 16.0 Å². The maximum Gasteiger partial charge on any atom is 0.416 e. The molecule has 1 saturated heterocycles. The minimum Gasteiger partial charge on any atom is -0.382 e. The van der Waals surface area contributed by atoms with E-state index < -0.39 is 56.7 Å². The predicted molar refractivity (Wildman–Crippen MR) is 130 cm³/mol. The van der Waals surface area contributed by atoms with E-state index in [0.29, 0.717) is 44.1 Å². The number of nitrogens with one attached hydrogen (secondary N) is 2. The number of nitrogens with zero attached hydrogens (tertiary/aromatic N) is 1. The molecule has 2 aromatic carbocycles. The molecule has 0 spiro atoms.